The summed E-state index contributed by atoms with van der Waals surface area (Å²) in [6.45, 7) is 3.23. The maximum atomic E-state index is 14.3. The summed E-state index contributed by atoms with van der Waals surface area (Å²) in [7, 11) is 3.68. The van der Waals surface area contributed by atoms with E-state index in [0.717, 1.165) is 13.1 Å². The first-order chi connectivity index (χ1) is 19.7. The van der Waals surface area contributed by atoms with Gasteiger partial charge < -0.3 is 24.4 Å². The highest BCUT2D eigenvalue weighted by Gasteiger charge is 2.38. The minimum atomic E-state index is -2.94. The van der Waals surface area contributed by atoms with Crippen LogP contribution in [0.3, 0.4) is 0 Å². The van der Waals surface area contributed by atoms with Gasteiger partial charge in [-0.05, 0) is 19.5 Å². The lowest BCUT2D eigenvalue weighted by Gasteiger charge is -2.32. The number of pyridine rings is 2. The van der Waals surface area contributed by atoms with Crippen LogP contribution < -0.4 is 15.4 Å². The van der Waals surface area contributed by atoms with Crippen molar-refractivity contribution in [1.29, 1.82) is 5.26 Å². The number of anilines is 3. The first-order valence-corrected chi connectivity index (χ1v) is 13.1. The number of piperazine rings is 1. The Kier molecular flexibility index (Phi) is 6.62. The van der Waals surface area contributed by atoms with Gasteiger partial charge in [-0.3, -0.25) is 10.00 Å². The van der Waals surface area contributed by atoms with Gasteiger partial charge in [0.25, 0.3) is 5.92 Å². The first-order valence-electron chi connectivity index (χ1n) is 13.1. The molecule has 1 saturated heterocycles. The number of nitrogens with zero attached hydrogens (tertiary/aromatic N) is 9. The second kappa shape index (κ2) is 10.3. The number of rotatable bonds is 5. The van der Waals surface area contributed by atoms with Crippen molar-refractivity contribution in [2.45, 2.75) is 25.3 Å². The number of carbonyl (C=O) groups excluding carboxylic acids is 1. The molecule has 13 nitrogen and oxygen atoms in total. The molecule has 0 bridgehead atoms. The number of ether oxygens (including phenoxy) is 1. The summed E-state index contributed by atoms with van der Waals surface area (Å²) >= 11 is 0. The van der Waals surface area contributed by atoms with Gasteiger partial charge >= 0.3 is 6.03 Å². The first kappa shape index (κ1) is 26.4. The Morgan fingerprint density at radius 1 is 1.12 bits per heavy atom. The van der Waals surface area contributed by atoms with Gasteiger partial charge in [-0.2, -0.15) is 24.1 Å². The summed E-state index contributed by atoms with van der Waals surface area (Å²) in [5, 5.41) is 20.0. The van der Waals surface area contributed by atoms with E-state index in [9.17, 15) is 18.8 Å². The van der Waals surface area contributed by atoms with Crippen LogP contribution in [0.1, 0.15) is 24.1 Å². The van der Waals surface area contributed by atoms with Crippen LogP contribution in [-0.2, 0) is 19.5 Å². The Morgan fingerprint density at radius 2 is 1.93 bits per heavy atom. The molecule has 212 valence electrons. The number of hydrogen-bond acceptors (Lipinski definition) is 9. The normalized spacial score (nSPS) is 16.7. The van der Waals surface area contributed by atoms with E-state index >= 15 is 0 Å². The van der Waals surface area contributed by atoms with Crippen LogP contribution in [0.25, 0.3) is 11.2 Å². The zero-order chi connectivity index (χ0) is 28.7. The summed E-state index contributed by atoms with van der Waals surface area (Å²) in [4.78, 5) is 29.5. The highest BCUT2D eigenvalue weighted by atomic mass is 19.3. The zero-order valence-corrected chi connectivity index (χ0v) is 22.4. The molecule has 0 aliphatic carbocycles. The van der Waals surface area contributed by atoms with Gasteiger partial charge in [0.1, 0.15) is 34.4 Å². The van der Waals surface area contributed by atoms with Crippen LogP contribution in [0.4, 0.5) is 31.2 Å². The zero-order valence-electron chi connectivity index (χ0n) is 22.4. The molecular formula is C26H27F2N11O2. The molecule has 0 saturated carbocycles. The fourth-order valence-corrected chi connectivity index (χ4v) is 4.96. The third-order valence-corrected chi connectivity index (χ3v) is 7.22. The maximum absolute atomic E-state index is 14.3. The van der Waals surface area contributed by atoms with E-state index in [0.29, 0.717) is 43.1 Å². The van der Waals surface area contributed by atoms with E-state index in [-0.39, 0.29) is 46.9 Å². The molecule has 6 rings (SSSR count). The van der Waals surface area contributed by atoms with E-state index in [1.807, 2.05) is 7.05 Å². The van der Waals surface area contributed by atoms with E-state index in [1.54, 1.807) is 28.6 Å². The van der Waals surface area contributed by atoms with Crippen LogP contribution in [0.5, 0.6) is 11.5 Å². The van der Waals surface area contributed by atoms with E-state index in [2.05, 4.69) is 41.7 Å². The van der Waals surface area contributed by atoms with Crippen molar-refractivity contribution >= 4 is 34.8 Å². The van der Waals surface area contributed by atoms with Crippen molar-refractivity contribution in [2.24, 2.45) is 7.05 Å². The van der Waals surface area contributed by atoms with Crippen molar-refractivity contribution in [3.63, 3.8) is 0 Å². The molecule has 4 aromatic rings. The van der Waals surface area contributed by atoms with E-state index in [1.165, 1.54) is 23.1 Å². The quantitative estimate of drug-likeness (QED) is 0.372. The van der Waals surface area contributed by atoms with Crippen LogP contribution in [0.15, 0.2) is 30.6 Å². The molecule has 0 aromatic carbocycles. The Morgan fingerprint density at radius 3 is 2.68 bits per heavy atom. The van der Waals surface area contributed by atoms with Gasteiger partial charge in [-0.1, -0.05) is 0 Å². The number of nitriles is 1. The van der Waals surface area contributed by atoms with Gasteiger partial charge in [0, 0.05) is 64.5 Å². The Labute approximate surface area is 233 Å². The molecule has 2 N–H and O–H groups in total. The maximum Gasteiger partial charge on any atom is 0.323 e. The number of likely N-dealkylation sites (N-methyl/N-ethyl adjacent to an activating group) is 1. The Hall–Kier alpha value is -4.84. The highest BCUT2D eigenvalue weighted by Crippen LogP contribution is 2.38. The van der Waals surface area contributed by atoms with Crippen LogP contribution in [0.2, 0.25) is 0 Å². The second-order valence-electron chi connectivity index (χ2n) is 10.0. The molecule has 0 unspecified atom stereocenters. The molecule has 41 heavy (non-hydrogen) atoms. The Bertz CT molecular complexity index is 1670. The molecule has 0 atom stereocenters. The average molecular weight is 564 g/mol. The van der Waals surface area contributed by atoms with Crippen LogP contribution in [-0.4, -0.2) is 78.4 Å². The van der Waals surface area contributed by atoms with Gasteiger partial charge in [0.05, 0.1) is 6.20 Å². The monoisotopic (exact) mass is 563 g/mol. The molecule has 0 spiro atoms. The van der Waals surface area contributed by atoms with Gasteiger partial charge in [0.15, 0.2) is 17.2 Å². The second-order valence-corrected chi connectivity index (χ2v) is 10.0. The third-order valence-electron chi connectivity index (χ3n) is 7.22. The number of aromatic nitrogens is 6. The topological polar surface area (TPSA) is 142 Å². The molecule has 1 fully saturated rings. The number of amides is 2. The van der Waals surface area contributed by atoms with Gasteiger partial charge in [0.2, 0.25) is 5.95 Å². The molecule has 2 amide bonds. The van der Waals surface area contributed by atoms with Crippen molar-refractivity contribution < 1.29 is 18.3 Å². The molecule has 6 heterocycles. The lowest BCUT2D eigenvalue weighted by atomic mass is 10.1. The minimum absolute atomic E-state index is 0.145. The standard InChI is InChI=1S/C26H27F2N11O2/c1-36-8-10-38(11-9-36)25(40)33-20-12-16(4-6-30-20)41-18-15-31-23-22(17(18)14-29)37(2)24(34-23)32-21-13-19-26(27,28)5-3-7-39(19)35-21/h4,6,12-13,15H,3,5,7-11H2,1-2H3,(H,30,33,40)(H,31,32,34,35). The van der Waals surface area contributed by atoms with Crippen LogP contribution >= 0.6 is 0 Å². The average Bonchev–Trinajstić information content (AvgIpc) is 3.51. The van der Waals surface area contributed by atoms with E-state index in [4.69, 9.17) is 4.74 Å². The largest absolute Gasteiger partial charge is 0.454 e. The predicted molar refractivity (Wildman–Crippen MR) is 144 cm³/mol. The number of imidazole rings is 1. The lowest BCUT2D eigenvalue weighted by molar-refractivity contribution is -0.0364. The van der Waals surface area contributed by atoms with Crippen molar-refractivity contribution in [3.8, 4) is 17.6 Å². The number of alkyl halides is 2. The summed E-state index contributed by atoms with van der Waals surface area (Å²) in [6, 6.07) is 6.38. The summed E-state index contributed by atoms with van der Waals surface area (Å²) in [6.07, 6.45) is 3.00. The van der Waals surface area contributed by atoms with Gasteiger partial charge in [-0.25, -0.2) is 14.8 Å². The number of hydrogen-bond donors (Lipinski definition) is 2. The van der Waals surface area contributed by atoms with Gasteiger partial charge in [-0.15, -0.1) is 0 Å². The SMILES string of the molecule is CN1CCN(C(=O)Nc2cc(Oc3cnc4nc(Nc5cc6n(n5)CCCC6(F)F)n(C)c4c3C#N)ccn2)CC1. The number of fused-ring (bicyclic) bond motifs is 2. The molecule has 2 aliphatic heterocycles. The molecule has 15 heteroatoms. The smallest absolute Gasteiger partial charge is 0.323 e. The van der Waals surface area contributed by atoms with Crippen molar-refractivity contribution in [3.05, 3.63) is 41.9 Å². The van der Waals surface area contributed by atoms with Crippen molar-refractivity contribution in [1.82, 2.24) is 39.1 Å². The minimum Gasteiger partial charge on any atom is -0.454 e. The fraction of sp³-hybridized carbons (Fsp3) is 0.385. The number of carbonyl (C=O) groups is 1. The number of aryl methyl sites for hydroxylation is 2. The number of nitrogens with one attached hydrogen (secondary N) is 2. The fourth-order valence-electron chi connectivity index (χ4n) is 4.96. The summed E-state index contributed by atoms with van der Waals surface area (Å²) in [5.74, 6) is -1.63. The third kappa shape index (κ3) is 5.09. The number of halogens is 2. The van der Waals surface area contributed by atoms with E-state index < -0.39 is 5.92 Å². The molecule has 0 radical (unpaired) electrons. The van der Waals surface area contributed by atoms with Crippen LogP contribution in [0, 0.1) is 11.3 Å². The Balaban J connectivity index is 1.23. The molecule has 4 aromatic heterocycles. The lowest BCUT2D eigenvalue weighted by Crippen LogP contribution is -2.48. The molecular weight excluding hydrogens is 536 g/mol. The molecule has 2 aliphatic rings. The summed E-state index contributed by atoms with van der Waals surface area (Å²) < 4.78 is 37.5. The number of urea groups is 1. The predicted octanol–water partition coefficient (Wildman–Crippen LogP) is 3.63. The van der Waals surface area contributed by atoms with Crippen molar-refractivity contribution in [2.75, 3.05) is 43.9 Å². The summed E-state index contributed by atoms with van der Waals surface area (Å²) in [5.41, 5.74) is 0.684. The highest BCUT2D eigenvalue weighted by molar-refractivity contribution is 5.88.